The van der Waals surface area contributed by atoms with Crippen LogP contribution in [0.4, 0.5) is 0 Å². The fraction of sp³-hybridized carbons (Fsp3) is 0.167. The fourth-order valence-electron chi connectivity index (χ4n) is 3.41. The summed E-state index contributed by atoms with van der Waals surface area (Å²) in [5.41, 5.74) is 1.30. The standard InChI is InChI=1S/C24H19Cl3N4O2S/c1-3-15-11-17(22(32)16-6-4-5-7-18(16)25)24(34-15)31-13(2)29-30-21(31)12-28-23(33)14-8-9-19(26)20(27)10-14/h4-11H,3,12H2,1-2H3,(H,28,33). The molecule has 0 atom stereocenters. The molecule has 0 spiro atoms. The average Bonchev–Trinajstić information content (AvgIpc) is 3.41. The van der Waals surface area contributed by atoms with Crippen LogP contribution in [-0.2, 0) is 13.0 Å². The summed E-state index contributed by atoms with van der Waals surface area (Å²) in [6, 6.07) is 13.5. The largest absolute Gasteiger partial charge is 0.345 e. The Morgan fingerprint density at radius 1 is 0.971 bits per heavy atom. The molecule has 0 aliphatic heterocycles. The third-order valence-corrected chi connectivity index (χ3v) is 7.49. The van der Waals surface area contributed by atoms with Gasteiger partial charge in [-0.25, -0.2) is 0 Å². The summed E-state index contributed by atoms with van der Waals surface area (Å²) in [4.78, 5) is 27.1. The van der Waals surface area contributed by atoms with Gasteiger partial charge in [0.25, 0.3) is 5.91 Å². The summed E-state index contributed by atoms with van der Waals surface area (Å²) in [5, 5.41) is 13.0. The lowest BCUT2D eigenvalue weighted by Gasteiger charge is -2.11. The van der Waals surface area contributed by atoms with Gasteiger partial charge in [-0.1, -0.05) is 53.9 Å². The van der Waals surface area contributed by atoms with Gasteiger partial charge < -0.3 is 5.32 Å². The Labute approximate surface area is 215 Å². The van der Waals surface area contributed by atoms with E-state index in [4.69, 9.17) is 34.8 Å². The molecule has 2 aromatic carbocycles. The van der Waals surface area contributed by atoms with Gasteiger partial charge in [-0.3, -0.25) is 14.2 Å². The van der Waals surface area contributed by atoms with Crippen LogP contribution < -0.4 is 5.32 Å². The van der Waals surface area contributed by atoms with E-state index in [0.717, 1.165) is 11.3 Å². The number of carbonyl (C=O) groups is 2. The van der Waals surface area contributed by atoms with Crippen LogP contribution in [0.15, 0.2) is 48.5 Å². The Bertz CT molecular complexity index is 1400. The third-order valence-electron chi connectivity index (χ3n) is 5.16. The highest BCUT2D eigenvalue weighted by Crippen LogP contribution is 2.32. The number of hydrogen-bond donors (Lipinski definition) is 1. The summed E-state index contributed by atoms with van der Waals surface area (Å²) >= 11 is 19.7. The first kappa shape index (κ1) is 24.4. The summed E-state index contributed by atoms with van der Waals surface area (Å²) in [6.45, 7) is 3.92. The Morgan fingerprint density at radius 3 is 2.44 bits per heavy atom. The molecule has 4 aromatic rings. The Hall–Kier alpha value is -2.71. The molecule has 0 radical (unpaired) electrons. The Balaban J connectivity index is 1.67. The predicted octanol–water partition coefficient (Wildman–Crippen LogP) is 6.32. The molecule has 0 aliphatic carbocycles. The van der Waals surface area contributed by atoms with Crippen molar-refractivity contribution in [3.05, 3.63) is 96.8 Å². The van der Waals surface area contributed by atoms with E-state index in [1.807, 2.05) is 13.0 Å². The molecule has 1 N–H and O–H groups in total. The second kappa shape index (κ2) is 10.3. The molecule has 2 heterocycles. The summed E-state index contributed by atoms with van der Waals surface area (Å²) in [7, 11) is 0. The van der Waals surface area contributed by atoms with Crippen molar-refractivity contribution in [1.29, 1.82) is 0 Å². The molecular formula is C24H19Cl3N4O2S. The molecule has 0 unspecified atom stereocenters. The molecule has 2 aromatic heterocycles. The van der Waals surface area contributed by atoms with Gasteiger partial charge in [0, 0.05) is 16.0 Å². The SMILES string of the molecule is CCc1cc(C(=O)c2ccccc2Cl)c(-n2c(C)nnc2CNC(=O)c2ccc(Cl)c(Cl)c2)s1. The topological polar surface area (TPSA) is 76.9 Å². The third kappa shape index (κ3) is 4.88. The van der Waals surface area contributed by atoms with Gasteiger partial charge in [0.2, 0.25) is 0 Å². The van der Waals surface area contributed by atoms with Gasteiger partial charge in [0.1, 0.15) is 10.8 Å². The molecule has 0 saturated carbocycles. The number of nitrogens with one attached hydrogen (secondary N) is 1. The maximum Gasteiger partial charge on any atom is 0.251 e. The fourth-order valence-corrected chi connectivity index (χ4v) is 5.09. The maximum atomic E-state index is 13.4. The molecule has 174 valence electrons. The van der Waals surface area contributed by atoms with Crippen LogP contribution in [0.1, 0.15) is 49.7 Å². The van der Waals surface area contributed by atoms with Gasteiger partial charge in [-0.15, -0.1) is 21.5 Å². The van der Waals surface area contributed by atoms with Crippen molar-refractivity contribution >= 4 is 57.8 Å². The highest BCUT2D eigenvalue weighted by molar-refractivity contribution is 7.15. The molecule has 10 heteroatoms. The molecule has 0 saturated heterocycles. The first-order valence-electron chi connectivity index (χ1n) is 10.4. The van der Waals surface area contributed by atoms with E-state index in [-0.39, 0.29) is 18.2 Å². The molecular weight excluding hydrogens is 515 g/mol. The van der Waals surface area contributed by atoms with Crippen LogP contribution >= 0.6 is 46.1 Å². The Morgan fingerprint density at radius 2 is 1.74 bits per heavy atom. The average molecular weight is 534 g/mol. The predicted molar refractivity (Wildman–Crippen MR) is 136 cm³/mol. The second-order valence-electron chi connectivity index (χ2n) is 7.40. The molecule has 34 heavy (non-hydrogen) atoms. The van der Waals surface area contributed by atoms with Crippen molar-refractivity contribution in [2.24, 2.45) is 0 Å². The van der Waals surface area contributed by atoms with Crippen molar-refractivity contribution in [3.8, 4) is 5.00 Å². The van der Waals surface area contributed by atoms with Gasteiger partial charge in [0.15, 0.2) is 11.6 Å². The lowest BCUT2D eigenvalue weighted by Crippen LogP contribution is -2.24. The molecule has 0 aliphatic rings. The lowest BCUT2D eigenvalue weighted by atomic mass is 10.0. The molecule has 1 amide bonds. The van der Waals surface area contributed by atoms with Crippen molar-refractivity contribution in [1.82, 2.24) is 20.1 Å². The summed E-state index contributed by atoms with van der Waals surface area (Å²) in [5.74, 6) is 0.564. The first-order valence-corrected chi connectivity index (χ1v) is 12.3. The number of aryl methyl sites for hydroxylation is 2. The monoisotopic (exact) mass is 532 g/mol. The van der Waals surface area contributed by atoms with Crippen molar-refractivity contribution in [2.75, 3.05) is 0 Å². The zero-order valence-electron chi connectivity index (χ0n) is 18.2. The smallest absolute Gasteiger partial charge is 0.251 e. The Kier molecular flexibility index (Phi) is 7.38. The van der Waals surface area contributed by atoms with E-state index in [2.05, 4.69) is 15.5 Å². The van der Waals surface area contributed by atoms with Crippen LogP contribution in [0.3, 0.4) is 0 Å². The zero-order valence-corrected chi connectivity index (χ0v) is 21.3. The van der Waals surface area contributed by atoms with Crippen LogP contribution in [-0.4, -0.2) is 26.5 Å². The minimum absolute atomic E-state index is 0.0962. The second-order valence-corrected chi connectivity index (χ2v) is 9.74. The number of rotatable bonds is 7. The van der Waals surface area contributed by atoms with Crippen molar-refractivity contribution < 1.29 is 9.59 Å². The highest BCUT2D eigenvalue weighted by atomic mass is 35.5. The van der Waals surface area contributed by atoms with E-state index < -0.39 is 0 Å². The van der Waals surface area contributed by atoms with Crippen LogP contribution in [0.5, 0.6) is 0 Å². The van der Waals surface area contributed by atoms with Crippen molar-refractivity contribution in [2.45, 2.75) is 26.8 Å². The van der Waals surface area contributed by atoms with E-state index >= 15 is 0 Å². The molecule has 4 rings (SSSR count). The molecule has 0 fully saturated rings. The number of thiophene rings is 1. The minimum atomic E-state index is -0.335. The number of nitrogens with zero attached hydrogens (tertiary/aromatic N) is 3. The van der Waals surface area contributed by atoms with Gasteiger partial charge in [-0.05, 0) is 49.7 Å². The number of halogens is 3. The van der Waals surface area contributed by atoms with E-state index in [1.165, 1.54) is 17.4 Å². The number of hydrogen-bond acceptors (Lipinski definition) is 5. The van der Waals surface area contributed by atoms with E-state index in [0.29, 0.717) is 48.4 Å². The van der Waals surface area contributed by atoms with E-state index in [9.17, 15) is 9.59 Å². The quantitative estimate of drug-likeness (QED) is 0.282. The number of carbonyl (C=O) groups excluding carboxylic acids is 2. The normalized spacial score (nSPS) is 11.0. The minimum Gasteiger partial charge on any atom is -0.345 e. The van der Waals surface area contributed by atoms with Gasteiger partial charge in [-0.2, -0.15) is 0 Å². The number of aromatic nitrogens is 3. The maximum absolute atomic E-state index is 13.4. The first-order chi connectivity index (χ1) is 16.3. The van der Waals surface area contributed by atoms with Crippen LogP contribution in [0.2, 0.25) is 15.1 Å². The highest BCUT2D eigenvalue weighted by Gasteiger charge is 2.24. The number of ketones is 1. The van der Waals surface area contributed by atoms with E-state index in [1.54, 1.807) is 47.9 Å². The van der Waals surface area contributed by atoms with Crippen LogP contribution in [0, 0.1) is 6.92 Å². The summed E-state index contributed by atoms with van der Waals surface area (Å²) in [6.07, 6.45) is 0.762. The summed E-state index contributed by atoms with van der Waals surface area (Å²) < 4.78 is 1.79. The van der Waals surface area contributed by atoms with Crippen LogP contribution in [0.25, 0.3) is 5.00 Å². The number of amides is 1. The van der Waals surface area contributed by atoms with Gasteiger partial charge >= 0.3 is 0 Å². The number of benzene rings is 2. The van der Waals surface area contributed by atoms with Crippen molar-refractivity contribution in [3.63, 3.8) is 0 Å². The molecule has 0 bridgehead atoms. The van der Waals surface area contributed by atoms with Gasteiger partial charge in [0.05, 0.1) is 27.2 Å². The molecule has 6 nitrogen and oxygen atoms in total. The lowest BCUT2D eigenvalue weighted by molar-refractivity contribution is 0.0948. The zero-order chi connectivity index (χ0) is 24.4.